The van der Waals surface area contributed by atoms with E-state index >= 15 is 0 Å². The fourth-order valence-electron chi connectivity index (χ4n) is 2.01. The number of benzene rings is 1. The van der Waals surface area contributed by atoms with Crippen molar-refractivity contribution in [3.05, 3.63) is 41.8 Å². The van der Waals surface area contributed by atoms with Crippen molar-refractivity contribution in [2.24, 2.45) is 0 Å². The molecule has 19 heavy (non-hydrogen) atoms. The fraction of sp³-hybridized carbons (Fsp3) is 0.308. The van der Waals surface area contributed by atoms with Gasteiger partial charge in [-0.05, 0) is 12.1 Å². The van der Waals surface area contributed by atoms with Gasteiger partial charge in [0.15, 0.2) is 0 Å². The summed E-state index contributed by atoms with van der Waals surface area (Å²) >= 11 is 0. The Bertz CT molecular complexity index is 588. The zero-order valence-corrected chi connectivity index (χ0v) is 9.87. The standard InChI is InChI=1S/C13H11F3N2O/c14-13(15,16)10-4-2-1-3-9(10)12-18-7-11(19-12)8-5-17-6-8/h1-4,7-8,17H,5-6H2. The third-order valence-corrected chi connectivity index (χ3v) is 3.17. The molecule has 1 aromatic carbocycles. The highest BCUT2D eigenvalue weighted by Gasteiger charge is 2.34. The van der Waals surface area contributed by atoms with E-state index in [1.807, 2.05) is 0 Å². The molecular formula is C13H11F3N2O. The summed E-state index contributed by atoms with van der Waals surface area (Å²) in [5.41, 5.74) is -0.747. The lowest BCUT2D eigenvalue weighted by Gasteiger charge is -2.24. The maximum atomic E-state index is 12.9. The van der Waals surface area contributed by atoms with Crippen LogP contribution in [-0.4, -0.2) is 18.1 Å². The monoisotopic (exact) mass is 268 g/mol. The highest BCUT2D eigenvalue weighted by atomic mass is 19.4. The number of hydrogen-bond donors (Lipinski definition) is 1. The number of rotatable bonds is 2. The van der Waals surface area contributed by atoms with Crippen LogP contribution in [0.15, 0.2) is 34.9 Å². The van der Waals surface area contributed by atoms with Crippen LogP contribution in [0.2, 0.25) is 0 Å². The van der Waals surface area contributed by atoms with Crippen LogP contribution in [0.1, 0.15) is 17.2 Å². The molecule has 1 aromatic heterocycles. The third-order valence-electron chi connectivity index (χ3n) is 3.17. The molecule has 0 saturated carbocycles. The number of nitrogens with zero attached hydrogens (tertiary/aromatic N) is 1. The van der Waals surface area contributed by atoms with Gasteiger partial charge >= 0.3 is 6.18 Å². The number of hydrogen-bond acceptors (Lipinski definition) is 3. The third kappa shape index (κ3) is 2.23. The predicted molar refractivity (Wildman–Crippen MR) is 62.6 cm³/mol. The van der Waals surface area contributed by atoms with Gasteiger partial charge in [-0.25, -0.2) is 4.98 Å². The number of oxazole rings is 1. The predicted octanol–water partition coefficient (Wildman–Crippen LogP) is 3.05. The van der Waals surface area contributed by atoms with Crippen molar-refractivity contribution in [3.8, 4) is 11.5 Å². The van der Waals surface area contributed by atoms with Gasteiger partial charge < -0.3 is 9.73 Å². The molecule has 0 aliphatic carbocycles. The first-order chi connectivity index (χ1) is 9.05. The summed E-state index contributed by atoms with van der Waals surface area (Å²) in [4.78, 5) is 3.97. The van der Waals surface area contributed by atoms with Gasteiger partial charge in [0.2, 0.25) is 5.89 Å². The maximum Gasteiger partial charge on any atom is 0.417 e. The molecule has 6 heteroatoms. The van der Waals surface area contributed by atoms with E-state index in [1.54, 1.807) is 6.07 Å². The molecule has 1 fully saturated rings. The van der Waals surface area contributed by atoms with Gasteiger partial charge in [-0.2, -0.15) is 13.2 Å². The van der Waals surface area contributed by atoms with Crippen molar-refractivity contribution >= 4 is 0 Å². The van der Waals surface area contributed by atoms with E-state index in [4.69, 9.17) is 4.42 Å². The molecule has 0 amide bonds. The summed E-state index contributed by atoms with van der Waals surface area (Å²) in [6, 6.07) is 5.30. The van der Waals surface area contributed by atoms with Gasteiger partial charge in [0, 0.05) is 24.6 Å². The van der Waals surface area contributed by atoms with E-state index in [0.29, 0.717) is 5.76 Å². The molecule has 1 saturated heterocycles. The summed E-state index contributed by atoms with van der Waals surface area (Å²) in [5.74, 6) is 0.861. The number of aromatic nitrogens is 1. The summed E-state index contributed by atoms with van der Waals surface area (Å²) in [6.07, 6.45) is -2.91. The van der Waals surface area contributed by atoms with Crippen LogP contribution in [-0.2, 0) is 6.18 Å². The molecule has 3 rings (SSSR count). The minimum atomic E-state index is -4.41. The Morgan fingerprint density at radius 3 is 2.58 bits per heavy atom. The molecule has 0 spiro atoms. The largest absolute Gasteiger partial charge is 0.441 e. The zero-order valence-electron chi connectivity index (χ0n) is 9.87. The molecule has 1 aliphatic heterocycles. The zero-order chi connectivity index (χ0) is 13.5. The normalized spacial score (nSPS) is 16.4. The number of alkyl halides is 3. The summed E-state index contributed by atoms with van der Waals surface area (Å²) < 4.78 is 44.2. The minimum Gasteiger partial charge on any atom is -0.441 e. The van der Waals surface area contributed by atoms with E-state index in [2.05, 4.69) is 10.3 Å². The van der Waals surface area contributed by atoms with Gasteiger partial charge in [0.1, 0.15) is 5.76 Å². The Morgan fingerprint density at radius 1 is 1.21 bits per heavy atom. The second-order valence-corrected chi connectivity index (χ2v) is 4.47. The van der Waals surface area contributed by atoms with Crippen LogP contribution in [0.4, 0.5) is 13.2 Å². The SMILES string of the molecule is FC(F)(F)c1ccccc1-c1ncc(C2CNC2)o1. The molecule has 1 aliphatic rings. The topological polar surface area (TPSA) is 38.1 Å². The fourth-order valence-corrected chi connectivity index (χ4v) is 2.01. The summed E-state index contributed by atoms with van der Waals surface area (Å²) in [6.45, 7) is 1.55. The van der Waals surface area contributed by atoms with Crippen molar-refractivity contribution in [2.45, 2.75) is 12.1 Å². The van der Waals surface area contributed by atoms with E-state index < -0.39 is 11.7 Å². The molecule has 2 aromatic rings. The smallest absolute Gasteiger partial charge is 0.417 e. The van der Waals surface area contributed by atoms with E-state index in [1.165, 1.54) is 18.3 Å². The Morgan fingerprint density at radius 2 is 1.95 bits per heavy atom. The summed E-state index contributed by atoms with van der Waals surface area (Å²) in [5, 5.41) is 3.08. The molecule has 2 heterocycles. The number of halogens is 3. The van der Waals surface area contributed by atoms with Crippen molar-refractivity contribution in [3.63, 3.8) is 0 Å². The Balaban J connectivity index is 1.99. The highest BCUT2D eigenvalue weighted by molar-refractivity contribution is 5.59. The second kappa shape index (κ2) is 4.38. The van der Waals surface area contributed by atoms with Crippen molar-refractivity contribution in [2.75, 3.05) is 13.1 Å². The molecule has 100 valence electrons. The van der Waals surface area contributed by atoms with Gasteiger partial charge in [-0.15, -0.1) is 0 Å². The molecule has 1 N–H and O–H groups in total. The minimum absolute atomic E-state index is 0.0199. The molecule has 0 bridgehead atoms. The Hall–Kier alpha value is -1.82. The van der Waals surface area contributed by atoms with Crippen LogP contribution in [0.5, 0.6) is 0 Å². The Labute approximate surface area is 107 Å². The quantitative estimate of drug-likeness (QED) is 0.909. The van der Waals surface area contributed by atoms with Gasteiger partial charge in [-0.1, -0.05) is 12.1 Å². The first-order valence-electron chi connectivity index (χ1n) is 5.89. The molecular weight excluding hydrogens is 257 g/mol. The average molecular weight is 268 g/mol. The van der Waals surface area contributed by atoms with Crippen LogP contribution < -0.4 is 5.32 Å². The van der Waals surface area contributed by atoms with Crippen molar-refractivity contribution in [1.82, 2.24) is 10.3 Å². The highest BCUT2D eigenvalue weighted by Crippen LogP contribution is 2.37. The average Bonchev–Trinajstić information content (AvgIpc) is 2.75. The van der Waals surface area contributed by atoms with E-state index in [9.17, 15) is 13.2 Å². The summed E-state index contributed by atoms with van der Waals surface area (Å²) in [7, 11) is 0. The Kier molecular flexibility index (Phi) is 2.82. The molecule has 0 unspecified atom stereocenters. The van der Waals surface area contributed by atoms with E-state index in [-0.39, 0.29) is 17.4 Å². The number of nitrogens with one attached hydrogen (secondary N) is 1. The lowest BCUT2D eigenvalue weighted by Crippen LogP contribution is -2.39. The first-order valence-corrected chi connectivity index (χ1v) is 5.89. The maximum absolute atomic E-state index is 12.9. The van der Waals surface area contributed by atoms with Gasteiger partial charge in [0.05, 0.1) is 11.8 Å². The van der Waals surface area contributed by atoms with Crippen LogP contribution >= 0.6 is 0 Å². The molecule has 3 nitrogen and oxygen atoms in total. The van der Waals surface area contributed by atoms with Crippen molar-refractivity contribution in [1.29, 1.82) is 0 Å². The molecule has 0 radical (unpaired) electrons. The lowest BCUT2D eigenvalue weighted by atomic mass is 10.0. The van der Waals surface area contributed by atoms with Crippen LogP contribution in [0, 0.1) is 0 Å². The van der Waals surface area contributed by atoms with Crippen molar-refractivity contribution < 1.29 is 17.6 Å². The van der Waals surface area contributed by atoms with E-state index in [0.717, 1.165) is 19.2 Å². The molecule has 0 atom stereocenters. The van der Waals surface area contributed by atoms with Gasteiger partial charge in [-0.3, -0.25) is 0 Å². The second-order valence-electron chi connectivity index (χ2n) is 4.47. The van der Waals surface area contributed by atoms with Gasteiger partial charge in [0.25, 0.3) is 0 Å². The first kappa shape index (κ1) is 12.2. The van der Waals surface area contributed by atoms with Crippen LogP contribution in [0.3, 0.4) is 0 Å². The lowest BCUT2D eigenvalue weighted by molar-refractivity contribution is -0.137. The van der Waals surface area contributed by atoms with Crippen LogP contribution in [0.25, 0.3) is 11.5 Å².